The third kappa shape index (κ3) is 5.32. The quantitative estimate of drug-likeness (QED) is 0.494. The Kier molecular flexibility index (Phi) is 5.76. The van der Waals surface area contributed by atoms with Crippen LogP contribution in [0.2, 0.25) is 5.02 Å². The average molecular weight is 370 g/mol. The van der Waals surface area contributed by atoms with E-state index in [1.54, 1.807) is 30.3 Å². The van der Waals surface area contributed by atoms with Crippen molar-refractivity contribution in [2.45, 2.75) is 6.18 Å². The van der Waals surface area contributed by atoms with Gasteiger partial charge in [-0.25, -0.2) is 5.43 Å². The molecule has 0 heterocycles. The van der Waals surface area contributed by atoms with Crippen LogP contribution in [0.4, 0.5) is 18.9 Å². The first kappa shape index (κ1) is 18.5. The molecule has 0 unspecified atom stereocenters. The number of alkyl halides is 3. The van der Waals surface area contributed by atoms with Crippen molar-refractivity contribution in [3.63, 3.8) is 0 Å². The standard InChI is InChI=1S/C16H11ClF3N3O2/c17-12-7-6-11(16(18,19)20)8-13(12)22-14(24)15(25)23-21-9-10-4-2-1-3-5-10/h1-9H,(H,22,24)(H,23,25)/b21-9+. The molecule has 0 aliphatic heterocycles. The van der Waals surface area contributed by atoms with Crippen LogP contribution in [-0.2, 0) is 15.8 Å². The second-order valence-corrected chi connectivity index (χ2v) is 5.16. The lowest BCUT2D eigenvalue weighted by Gasteiger charge is -2.11. The fourth-order valence-electron chi connectivity index (χ4n) is 1.73. The van der Waals surface area contributed by atoms with E-state index < -0.39 is 23.6 Å². The van der Waals surface area contributed by atoms with E-state index in [2.05, 4.69) is 5.10 Å². The molecule has 0 spiro atoms. The Morgan fingerprint density at radius 2 is 1.72 bits per heavy atom. The molecule has 25 heavy (non-hydrogen) atoms. The van der Waals surface area contributed by atoms with Gasteiger partial charge in [0.25, 0.3) is 0 Å². The maximum absolute atomic E-state index is 12.7. The molecule has 0 saturated carbocycles. The Balaban J connectivity index is 2.01. The molecule has 9 heteroatoms. The highest BCUT2D eigenvalue weighted by Gasteiger charge is 2.31. The first-order chi connectivity index (χ1) is 11.8. The minimum absolute atomic E-state index is 0.137. The highest BCUT2D eigenvalue weighted by atomic mass is 35.5. The van der Waals surface area contributed by atoms with E-state index in [1.165, 1.54) is 6.21 Å². The van der Waals surface area contributed by atoms with E-state index in [9.17, 15) is 22.8 Å². The number of anilines is 1. The lowest BCUT2D eigenvalue weighted by Crippen LogP contribution is -2.32. The third-order valence-corrected chi connectivity index (χ3v) is 3.26. The minimum atomic E-state index is -4.60. The molecule has 0 aromatic heterocycles. The Morgan fingerprint density at radius 3 is 2.36 bits per heavy atom. The number of nitrogens with zero attached hydrogens (tertiary/aromatic N) is 1. The van der Waals surface area contributed by atoms with Crippen LogP contribution < -0.4 is 10.7 Å². The number of carbonyl (C=O) groups is 2. The Hall–Kier alpha value is -2.87. The molecule has 2 rings (SSSR count). The summed E-state index contributed by atoms with van der Waals surface area (Å²) in [4.78, 5) is 23.4. The van der Waals surface area contributed by atoms with Crippen molar-refractivity contribution in [1.82, 2.24) is 5.43 Å². The second kappa shape index (κ2) is 7.80. The van der Waals surface area contributed by atoms with Crippen molar-refractivity contribution in [3.05, 3.63) is 64.7 Å². The van der Waals surface area contributed by atoms with Gasteiger partial charge in [-0.15, -0.1) is 0 Å². The Bertz CT molecular complexity index is 808. The Labute approximate surface area is 145 Å². The number of nitrogens with one attached hydrogen (secondary N) is 2. The number of hydrazone groups is 1. The summed E-state index contributed by atoms with van der Waals surface area (Å²) in [5, 5.41) is 5.46. The van der Waals surface area contributed by atoms with Gasteiger partial charge < -0.3 is 5.32 Å². The van der Waals surface area contributed by atoms with Crippen molar-refractivity contribution in [1.29, 1.82) is 0 Å². The molecule has 2 amide bonds. The van der Waals surface area contributed by atoms with E-state index in [0.29, 0.717) is 11.6 Å². The van der Waals surface area contributed by atoms with E-state index in [4.69, 9.17) is 11.6 Å². The van der Waals surface area contributed by atoms with Crippen molar-refractivity contribution in [2.75, 3.05) is 5.32 Å². The molecule has 2 aromatic carbocycles. The summed E-state index contributed by atoms with van der Waals surface area (Å²) in [5.74, 6) is -2.35. The van der Waals surface area contributed by atoms with E-state index >= 15 is 0 Å². The van der Waals surface area contributed by atoms with Gasteiger partial charge in [-0.2, -0.15) is 18.3 Å². The van der Waals surface area contributed by atoms with Crippen LogP contribution in [0.1, 0.15) is 11.1 Å². The van der Waals surface area contributed by atoms with Crippen LogP contribution >= 0.6 is 11.6 Å². The minimum Gasteiger partial charge on any atom is -0.316 e. The van der Waals surface area contributed by atoms with E-state index in [-0.39, 0.29) is 10.7 Å². The maximum Gasteiger partial charge on any atom is 0.416 e. The van der Waals surface area contributed by atoms with Gasteiger partial charge in [-0.3, -0.25) is 9.59 Å². The summed E-state index contributed by atoms with van der Waals surface area (Å²) < 4.78 is 38.0. The molecule has 0 aliphatic carbocycles. The molecule has 130 valence electrons. The summed E-state index contributed by atoms with van der Waals surface area (Å²) >= 11 is 5.74. The lowest BCUT2D eigenvalue weighted by molar-refractivity contribution is -0.137. The van der Waals surface area contributed by atoms with Gasteiger partial charge in [0.05, 0.1) is 22.5 Å². The van der Waals surface area contributed by atoms with Crippen molar-refractivity contribution in [3.8, 4) is 0 Å². The summed E-state index contributed by atoms with van der Waals surface area (Å²) in [7, 11) is 0. The fraction of sp³-hybridized carbons (Fsp3) is 0.0625. The van der Waals surface area contributed by atoms with Gasteiger partial charge in [0, 0.05) is 0 Å². The average Bonchev–Trinajstić information content (AvgIpc) is 2.56. The summed E-state index contributed by atoms with van der Waals surface area (Å²) in [6, 6.07) is 11.1. The van der Waals surface area contributed by atoms with Crippen LogP contribution in [-0.4, -0.2) is 18.0 Å². The molecule has 2 aromatic rings. The van der Waals surface area contributed by atoms with Gasteiger partial charge in [0.2, 0.25) is 0 Å². The van der Waals surface area contributed by atoms with Crippen LogP contribution in [0.3, 0.4) is 0 Å². The van der Waals surface area contributed by atoms with Gasteiger partial charge in [0.15, 0.2) is 0 Å². The largest absolute Gasteiger partial charge is 0.416 e. The zero-order valence-corrected chi connectivity index (χ0v) is 13.2. The monoisotopic (exact) mass is 369 g/mol. The van der Waals surface area contributed by atoms with Gasteiger partial charge in [0.1, 0.15) is 0 Å². The normalized spacial score (nSPS) is 11.4. The summed E-state index contributed by atoms with van der Waals surface area (Å²) in [6.07, 6.45) is -3.30. The highest BCUT2D eigenvalue weighted by Crippen LogP contribution is 2.33. The molecule has 0 atom stereocenters. The fourth-order valence-corrected chi connectivity index (χ4v) is 1.90. The van der Waals surface area contributed by atoms with Crippen LogP contribution in [0.25, 0.3) is 0 Å². The zero-order valence-electron chi connectivity index (χ0n) is 12.5. The molecule has 0 aliphatic rings. The third-order valence-electron chi connectivity index (χ3n) is 2.93. The molecular weight excluding hydrogens is 359 g/mol. The first-order valence-corrected chi connectivity index (χ1v) is 7.21. The smallest absolute Gasteiger partial charge is 0.316 e. The van der Waals surface area contributed by atoms with Crippen molar-refractivity contribution < 1.29 is 22.8 Å². The zero-order chi connectivity index (χ0) is 18.4. The van der Waals surface area contributed by atoms with Crippen LogP contribution in [0.5, 0.6) is 0 Å². The van der Waals surface area contributed by atoms with Crippen LogP contribution in [0, 0.1) is 0 Å². The number of amides is 2. The molecule has 0 fully saturated rings. The number of halogens is 4. The van der Waals surface area contributed by atoms with Crippen LogP contribution in [0.15, 0.2) is 53.6 Å². The predicted octanol–water partition coefficient (Wildman–Crippen LogP) is 3.45. The van der Waals surface area contributed by atoms with Crippen molar-refractivity contribution >= 4 is 35.3 Å². The molecular formula is C16H11ClF3N3O2. The maximum atomic E-state index is 12.7. The molecule has 0 saturated heterocycles. The lowest BCUT2D eigenvalue weighted by atomic mass is 10.2. The second-order valence-electron chi connectivity index (χ2n) is 4.76. The molecule has 0 radical (unpaired) electrons. The first-order valence-electron chi connectivity index (χ1n) is 6.83. The van der Waals surface area contributed by atoms with E-state index in [0.717, 1.165) is 12.1 Å². The predicted molar refractivity (Wildman–Crippen MR) is 87.3 cm³/mol. The topological polar surface area (TPSA) is 70.6 Å². The van der Waals surface area contributed by atoms with Gasteiger partial charge >= 0.3 is 18.0 Å². The molecule has 2 N–H and O–H groups in total. The number of hydrogen-bond donors (Lipinski definition) is 2. The van der Waals surface area contributed by atoms with Gasteiger partial charge in [-0.1, -0.05) is 41.9 Å². The SMILES string of the molecule is O=C(N/N=C/c1ccccc1)C(=O)Nc1cc(C(F)(F)F)ccc1Cl. The van der Waals surface area contributed by atoms with E-state index in [1.807, 2.05) is 10.7 Å². The number of carbonyl (C=O) groups excluding carboxylic acids is 2. The number of benzene rings is 2. The Morgan fingerprint density at radius 1 is 1.04 bits per heavy atom. The van der Waals surface area contributed by atoms with Crippen molar-refractivity contribution in [2.24, 2.45) is 5.10 Å². The summed E-state index contributed by atoms with van der Waals surface area (Å²) in [6.45, 7) is 0. The number of hydrogen-bond acceptors (Lipinski definition) is 3. The summed E-state index contributed by atoms with van der Waals surface area (Å²) in [5.41, 5.74) is 1.32. The molecule has 5 nitrogen and oxygen atoms in total. The van der Waals surface area contributed by atoms with Gasteiger partial charge in [-0.05, 0) is 23.8 Å². The molecule has 0 bridgehead atoms. The highest BCUT2D eigenvalue weighted by molar-refractivity contribution is 6.41. The number of rotatable bonds is 3.